The maximum absolute atomic E-state index is 11.5. The molecular formula is C11H18O2. The molecule has 2 nitrogen and oxygen atoms in total. The summed E-state index contributed by atoms with van der Waals surface area (Å²) in [7, 11) is 0. The third kappa shape index (κ3) is 2.17. The van der Waals surface area contributed by atoms with Crippen LogP contribution in [0.15, 0.2) is 0 Å². The first kappa shape index (κ1) is 10.4. The fourth-order valence-corrected chi connectivity index (χ4v) is 2.26. The fourth-order valence-electron chi connectivity index (χ4n) is 2.26. The molecule has 0 heterocycles. The van der Waals surface area contributed by atoms with E-state index in [9.17, 15) is 9.59 Å². The summed E-state index contributed by atoms with van der Waals surface area (Å²) < 4.78 is 0. The van der Waals surface area contributed by atoms with Gasteiger partial charge in [-0.05, 0) is 26.2 Å². The molecule has 0 aromatic carbocycles. The molecule has 0 bridgehead atoms. The molecule has 0 radical (unpaired) electrons. The third-order valence-electron chi connectivity index (χ3n) is 3.24. The zero-order valence-corrected chi connectivity index (χ0v) is 8.56. The van der Waals surface area contributed by atoms with Crippen LogP contribution >= 0.6 is 0 Å². The second-order valence-corrected chi connectivity index (χ2v) is 4.13. The first-order valence-corrected chi connectivity index (χ1v) is 5.13. The van der Waals surface area contributed by atoms with Gasteiger partial charge in [0.2, 0.25) is 0 Å². The molecule has 0 aliphatic heterocycles. The van der Waals surface area contributed by atoms with Crippen LogP contribution in [0.25, 0.3) is 0 Å². The van der Waals surface area contributed by atoms with Gasteiger partial charge in [-0.2, -0.15) is 0 Å². The lowest BCUT2D eigenvalue weighted by molar-refractivity contribution is -0.132. The Balaban J connectivity index is 2.68. The van der Waals surface area contributed by atoms with Crippen molar-refractivity contribution in [2.24, 2.45) is 5.41 Å². The normalized spacial score (nSPS) is 21.5. The molecule has 1 fully saturated rings. The summed E-state index contributed by atoms with van der Waals surface area (Å²) in [6, 6.07) is 0. The number of hydrogen-bond acceptors (Lipinski definition) is 2. The van der Waals surface area contributed by atoms with Crippen molar-refractivity contribution in [3.8, 4) is 0 Å². The molecule has 1 aliphatic rings. The van der Waals surface area contributed by atoms with Crippen molar-refractivity contribution in [3.05, 3.63) is 0 Å². The Labute approximate surface area is 79.7 Å². The number of carbonyl (C=O) groups excluding carboxylic acids is 2. The minimum atomic E-state index is -0.150. The van der Waals surface area contributed by atoms with Crippen LogP contribution < -0.4 is 0 Å². The lowest BCUT2D eigenvalue weighted by Crippen LogP contribution is -2.34. The molecule has 74 valence electrons. The summed E-state index contributed by atoms with van der Waals surface area (Å²) in [6.07, 6.45) is 4.78. The van der Waals surface area contributed by atoms with Gasteiger partial charge in [-0.3, -0.25) is 9.59 Å². The van der Waals surface area contributed by atoms with E-state index in [0.29, 0.717) is 18.6 Å². The van der Waals surface area contributed by atoms with Crippen LogP contribution in [0.1, 0.15) is 52.4 Å². The lowest BCUT2D eigenvalue weighted by Gasteiger charge is -2.34. The van der Waals surface area contributed by atoms with Crippen molar-refractivity contribution >= 4 is 11.6 Å². The van der Waals surface area contributed by atoms with Gasteiger partial charge in [0.25, 0.3) is 0 Å². The van der Waals surface area contributed by atoms with Crippen molar-refractivity contribution in [2.75, 3.05) is 0 Å². The predicted octanol–water partition coefficient (Wildman–Crippen LogP) is 2.51. The van der Waals surface area contributed by atoms with E-state index >= 15 is 0 Å². The first-order valence-electron chi connectivity index (χ1n) is 5.13. The van der Waals surface area contributed by atoms with Gasteiger partial charge in [-0.15, -0.1) is 0 Å². The van der Waals surface area contributed by atoms with Crippen LogP contribution in [0.4, 0.5) is 0 Å². The van der Waals surface area contributed by atoms with E-state index in [1.54, 1.807) is 6.92 Å². The molecule has 1 aliphatic carbocycles. The molecule has 1 rings (SSSR count). The van der Waals surface area contributed by atoms with Gasteiger partial charge in [-0.1, -0.05) is 13.3 Å². The number of carbonyl (C=O) groups is 2. The molecule has 0 unspecified atom stereocenters. The highest BCUT2D eigenvalue weighted by Gasteiger charge is 2.37. The molecule has 0 amide bonds. The SMILES string of the molecule is CCCC1(C(C)=O)CCC(=O)CC1. The minimum Gasteiger partial charge on any atom is -0.300 e. The smallest absolute Gasteiger partial charge is 0.135 e. The highest BCUT2D eigenvalue weighted by Crippen LogP contribution is 2.39. The largest absolute Gasteiger partial charge is 0.300 e. The van der Waals surface area contributed by atoms with Crippen LogP contribution in [0.3, 0.4) is 0 Å². The molecular weight excluding hydrogens is 164 g/mol. The maximum Gasteiger partial charge on any atom is 0.135 e. The zero-order valence-electron chi connectivity index (χ0n) is 8.56. The average molecular weight is 182 g/mol. The molecule has 13 heavy (non-hydrogen) atoms. The van der Waals surface area contributed by atoms with Gasteiger partial charge in [0.15, 0.2) is 0 Å². The summed E-state index contributed by atoms with van der Waals surface area (Å²) in [6.45, 7) is 3.77. The minimum absolute atomic E-state index is 0.150. The molecule has 0 saturated heterocycles. The van der Waals surface area contributed by atoms with E-state index in [2.05, 4.69) is 6.92 Å². The van der Waals surface area contributed by atoms with Crippen molar-refractivity contribution in [3.63, 3.8) is 0 Å². The fraction of sp³-hybridized carbons (Fsp3) is 0.818. The molecule has 1 saturated carbocycles. The molecule has 0 spiro atoms. The Morgan fingerprint density at radius 3 is 2.31 bits per heavy atom. The Morgan fingerprint density at radius 1 is 1.38 bits per heavy atom. The van der Waals surface area contributed by atoms with E-state index in [1.807, 2.05) is 0 Å². The molecule has 0 N–H and O–H groups in total. The average Bonchev–Trinajstić information content (AvgIpc) is 2.09. The second-order valence-electron chi connectivity index (χ2n) is 4.13. The van der Waals surface area contributed by atoms with E-state index in [1.165, 1.54) is 0 Å². The summed E-state index contributed by atoms with van der Waals surface area (Å²) in [5, 5.41) is 0. The first-order chi connectivity index (χ1) is 6.10. The van der Waals surface area contributed by atoms with Crippen molar-refractivity contribution in [2.45, 2.75) is 52.4 Å². The second kappa shape index (κ2) is 4.03. The van der Waals surface area contributed by atoms with Gasteiger partial charge in [0.05, 0.1) is 0 Å². The highest BCUT2D eigenvalue weighted by molar-refractivity contribution is 5.87. The molecule has 0 aromatic rings. The van der Waals surface area contributed by atoms with Gasteiger partial charge in [-0.25, -0.2) is 0 Å². The maximum atomic E-state index is 11.5. The van der Waals surface area contributed by atoms with Gasteiger partial charge >= 0.3 is 0 Å². The Kier molecular flexibility index (Phi) is 3.23. The van der Waals surface area contributed by atoms with E-state index < -0.39 is 0 Å². The van der Waals surface area contributed by atoms with Crippen LogP contribution in [-0.4, -0.2) is 11.6 Å². The van der Waals surface area contributed by atoms with Crippen molar-refractivity contribution in [1.29, 1.82) is 0 Å². The molecule has 0 atom stereocenters. The Hall–Kier alpha value is -0.660. The highest BCUT2D eigenvalue weighted by atomic mass is 16.1. The molecule has 2 heteroatoms. The van der Waals surface area contributed by atoms with Gasteiger partial charge in [0, 0.05) is 18.3 Å². The quantitative estimate of drug-likeness (QED) is 0.672. The standard InChI is InChI=1S/C11H18O2/c1-3-6-11(9(2)12)7-4-10(13)5-8-11/h3-8H2,1-2H3. The molecule has 0 aromatic heterocycles. The number of ketones is 2. The van der Waals surface area contributed by atoms with Gasteiger partial charge in [0.1, 0.15) is 11.6 Å². The van der Waals surface area contributed by atoms with Crippen LogP contribution in [0.5, 0.6) is 0 Å². The number of rotatable bonds is 3. The predicted molar refractivity (Wildman–Crippen MR) is 51.5 cm³/mol. The summed E-state index contributed by atoms with van der Waals surface area (Å²) in [5.74, 6) is 0.606. The number of Topliss-reactive ketones (excluding diaryl/α,β-unsaturated/α-hetero) is 2. The monoisotopic (exact) mass is 182 g/mol. The Morgan fingerprint density at radius 2 is 1.92 bits per heavy atom. The van der Waals surface area contributed by atoms with Crippen LogP contribution in [-0.2, 0) is 9.59 Å². The van der Waals surface area contributed by atoms with E-state index in [0.717, 1.165) is 25.7 Å². The summed E-state index contributed by atoms with van der Waals surface area (Å²) >= 11 is 0. The summed E-state index contributed by atoms with van der Waals surface area (Å²) in [5.41, 5.74) is -0.150. The van der Waals surface area contributed by atoms with Crippen LogP contribution in [0.2, 0.25) is 0 Å². The van der Waals surface area contributed by atoms with E-state index in [4.69, 9.17) is 0 Å². The van der Waals surface area contributed by atoms with Gasteiger partial charge < -0.3 is 0 Å². The van der Waals surface area contributed by atoms with Crippen LogP contribution in [0, 0.1) is 5.41 Å². The zero-order chi connectivity index (χ0) is 9.90. The summed E-state index contributed by atoms with van der Waals surface area (Å²) in [4.78, 5) is 22.6. The van der Waals surface area contributed by atoms with Crippen molar-refractivity contribution in [1.82, 2.24) is 0 Å². The van der Waals surface area contributed by atoms with E-state index in [-0.39, 0.29) is 11.2 Å². The lowest BCUT2D eigenvalue weighted by atomic mass is 9.68. The van der Waals surface area contributed by atoms with Crippen molar-refractivity contribution < 1.29 is 9.59 Å². The topological polar surface area (TPSA) is 34.1 Å². The third-order valence-corrected chi connectivity index (χ3v) is 3.24. The Bertz CT molecular complexity index is 208. The number of hydrogen-bond donors (Lipinski definition) is 0.